The molecule has 0 aliphatic carbocycles. The number of hydrogen-bond donors (Lipinski definition) is 1. The Morgan fingerprint density at radius 2 is 1.52 bits per heavy atom. The van der Waals surface area contributed by atoms with Gasteiger partial charge in [0.05, 0.1) is 20.6 Å². The molecule has 0 aliphatic rings. The maximum atomic E-state index is 14.2. The second-order valence-electron chi connectivity index (χ2n) is 10.6. The maximum absolute atomic E-state index is 14.2. The summed E-state index contributed by atoms with van der Waals surface area (Å²) in [6.45, 7) is 10.9. The Morgan fingerprint density at radius 1 is 0.857 bits per heavy atom. The largest absolute Gasteiger partial charge is 0.352 e. The van der Waals surface area contributed by atoms with Gasteiger partial charge in [-0.2, -0.15) is 0 Å². The molecule has 226 valence electrons. The zero-order valence-corrected chi connectivity index (χ0v) is 27.3. The molecule has 0 bridgehead atoms. The van der Waals surface area contributed by atoms with Crippen molar-refractivity contribution in [2.24, 2.45) is 0 Å². The molecule has 0 saturated heterocycles. The van der Waals surface area contributed by atoms with Crippen LogP contribution >= 0.6 is 23.2 Å². The van der Waals surface area contributed by atoms with E-state index in [2.05, 4.69) is 5.32 Å². The average Bonchev–Trinajstić information content (AvgIpc) is 2.95. The first-order valence-corrected chi connectivity index (χ1v) is 16.2. The first-order chi connectivity index (χ1) is 19.8. The van der Waals surface area contributed by atoms with E-state index in [-0.39, 0.29) is 23.4 Å². The van der Waals surface area contributed by atoms with Gasteiger partial charge in [0.15, 0.2) is 0 Å². The smallest absolute Gasteiger partial charge is 0.264 e. The second kappa shape index (κ2) is 14.4. The molecule has 0 aromatic heterocycles. The number of hydrogen-bond acceptors (Lipinski definition) is 4. The van der Waals surface area contributed by atoms with Crippen molar-refractivity contribution in [1.82, 2.24) is 10.2 Å². The molecule has 2 atom stereocenters. The topological polar surface area (TPSA) is 86.8 Å². The Kier molecular flexibility index (Phi) is 11.5. The average molecular weight is 633 g/mol. The molecule has 0 heterocycles. The fourth-order valence-electron chi connectivity index (χ4n) is 4.44. The van der Waals surface area contributed by atoms with E-state index >= 15 is 0 Å². The molecule has 3 aromatic carbocycles. The number of benzene rings is 3. The van der Waals surface area contributed by atoms with E-state index in [0.29, 0.717) is 27.7 Å². The van der Waals surface area contributed by atoms with Crippen molar-refractivity contribution in [3.63, 3.8) is 0 Å². The fraction of sp³-hybridized carbons (Fsp3) is 0.375. The Labute approximate surface area is 259 Å². The quantitative estimate of drug-likeness (QED) is 0.237. The van der Waals surface area contributed by atoms with Gasteiger partial charge in [-0.25, -0.2) is 8.42 Å². The molecule has 3 rings (SSSR count). The molecular weight excluding hydrogens is 593 g/mol. The molecule has 10 heteroatoms. The van der Waals surface area contributed by atoms with Gasteiger partial charge in [-0.05, 0) is 93.6 Å². The van der Waals surface area contributed by atoms with Crippen LogP contribution in [0.25, 0.3) is 0 Å². The number of rotatable bonds is 12. The van der Waals surface area contributed by atoms with Crippen molar-refractivity contribution in [2.75, 3.05) is 10.8 Å². The summed E-state index contributed by atoms with van der Waals surface area (Å²) in [5.74, 6) is -0.833. The SMILES string of the molecule is CC[C@H](C(=O)N[C@@H](C)CC)N(Cc1ccc(Cl)c(Cl)c1)C(=O)CN(c1ccc(C)c(C)c1)S(=O)(=O)c1ccc(C)cc1. The lowest BCUT2D eigenvalue weighted by molar-refractivity contribution is -0.140. The van der Waals surface area contributed by atoms with Crippen LogP contribution in [0.2, 0.25) is 10.0 Å². The van der Waals surface area contributed by atoms with Gasteiger partial charge in [-0.3, -0.25) is 13.9 Å². The summed E-state index contributed by atoms with van der Waals surface area (Å²) in [5, 5.41) is 3.65. The standard InChI is InChI=1S/C32H39Cl2N3O4S/c1-7-24(6)35-32(39)30(8-2)36(19-25-12-16-28(33)29(34)18-25)31(38)20-37(26-13-11-22(4)23(5)17-26)42(40,41)27-14-9-21(3)10-15-27/h9-18,24,30H,7-8,19-20H2,1-6H3,(H,35,39)/t24-,30+/m0/s1. The minimum Gasteiger partial charge on any atom is -0.352 e. The molecule has 2 amide bonds. The molecule has 42 heavy (non-hydrogen) atoms. The normalized spacial score (nSPS) is 12.9. The molecule has 0 saturated carbocycles. The molecule has 0 spiro atoms. The highest BCUT2D eigenvalue weighted by Crippen LogP contribution is 2.28. The van der Waals surface area contributed by atoms with Crippen LogP contribution in [0.1, 0.15) is 55.9 Å². The van der Waals surface area contributed by atoms with Gasteiger partial charge in [0, 0.05) is 12.6 Å². The molecule has 0 aliphatic heterocycles. The summed E-state index contributed by atoms with van der Waals surface area (Å²) in [7, 11) is -4.14. The molecule has 1 N–H and O–H groups in total. The van der Waals surface area contributed by atoms with Crippen LogP contribution in [0, 0.1) is 20.8 Å². The first kappa shape index (κ1) is 33.4. The number of aryl methyl sites for hydroxylation is 3. The molecule has 0 fully saturated rings. The Hall–Kier alpha value is -3.07. The molecule has 0 radical (unpaired) electrons. The van der Waals surface area contributed by atoms with Crippen molar-refractivity contribution < 1.29 is 18.0 Å². The minimum absolute atomic E-state index is 0.0352. The van der Waals surface area contributed by atoms with Crippen LogP contribution in [0.4, 0.5) is 5.69 Å². The summed E-state index contributed by atoms with van der Waals surface area (Å²) in [6.07, 6.45) is 1.04. The number of halogens is 2. The zero-order chi connectivity index (χ0) is 31.2. The number of nitrogens with zero attached hydrogens (tertiary/aromatic N) is 2. The second-order valence-corrected chi connectivity index (χ2v) is 13.3. The van der Waals surface area contributed by atoms with Crippen LogP contribution < -0.4 is 9.62 Å². The predicted molar refractivity (Wildman–Crippen MR) is 171 cm³/mol. The Balaban J connectivity index is 2.10. The van der Waals surface area contributed by atoms with Gasteiger partial charge in [-0.1, -0.05) is 66.9 Å². The number of nitrogens with one attached hydrogen (secondary N) is 1. The van der Waals surface area contributed by atoms with E-state index in [1.54, 1.807) is 42.5 Å². The van der Waals surface area contributed by atoms with Crippen LogP contribution in [0.3, 0.4) is 0 Å². The van der Waals surface area contributed by atoms with Crippen molar-refractivity contribution in [2.45, 2.75) is 77.9 Å². The van der Waals surface area contributed by atoms with Gasteiger partial charge >= 0.3 is 0 Å². The Bertz CT molecular complexity index is 1530. The molecule has 3 aromatic rings. The van der Waals surface area contributed by atoms with Crippen molar-refractivity contribution in [1.29, 1.82) is 0 Å². The number of carbonyl (C=O) groups is 2. The van der Waals surface area contributed by atoms with Gasteiger partial charge < -0.3 is 10.2 Å². The number of anilines is 1. The van der Waals surface area contributed by atoms with Crippen molar-refractivity contribution >= 4 is 50.7 Å². The van der Waals surface area contributed by atoms with E-state index in [4.69, 9.17) is 23.2 Å². The van der Waals surface area contributed by atoms with E-state index in [0.717, 1.165) is 27.4 Å². The summed E-state index contributed by atoms with van der Waals surface area (Å²) in [4.78, 5) is 29.1. The monoisotopic (exact) mass is 631 g/mol. The van der Waals surface area contributed by atoms with Crippen LogP contribution in [0.5, 0.6) is 0 Å². The third-order valence-electron chi connectivity index (χ3n) is 7.39. The summed E-state index contributed by atoms with van der Waals surface area (Å²) in [6, 6.07) is 15.9. The van der Waals surface area contributed by atoms with Gasteiger partial charge in [0.2, 0.25) is 11.8 Å². The third kappa shape index (κ3) is 8.06. The number of amides is 2. The fourth-order valence-corrected chi connectivity index (χ4v) is 6.17. The molecular formula is C32H39Cl2N3O4S. The maximum Gasteiger partial charge on any atom is 0.264 e. The van der Waals surface area contributed by atoms with E-state index in [1.807, 2.05) is 47.6 Å². The van der Waals surface area contributed by atoms with Crippen LogP contribution in [-0.4, -0.2) is 43.8 Å². The van der Waals surface area contributed by atoms with Crippen molar-refractivity contribution in [3.05, 3.63) is 93.0 Å². The molecule has 7 nitrogen and oxygen atoms in total. The third-order valence-corrected chi connectivity index (χ3v) is 9.92. The van der Waals surface area contributed by atoms with E-state index in [9.17, 15) is 18.0 Å². The predicted octanol–water partition coefficient (Wildman–Crippen LogP) is 6.84. The Morgan fingerprint density at radius 3 is 2.10 bits per heavy atom. The van der Waals surface area contributed by atoms with Gasteiger partial charge in [0.1, 0.15) is 12.6 Å². The van der Waals surface area contributed by atoms with Crippen LogP contribution in [-0.2, 0) is 26.2 Å². The highest BCUT2D eigenvalue weighted by atomic mass is 35.5. The zero-order valence-electron chi connectivity index (χ0n) is 24.9. The van der Waals surface area contributed by atoms with Crippen LogP contribution in [0.15, 0.2) is 65.6 Å². The van der Waals surface area contributed by atoms with Crippen molar-refractivity contribution in [3.8, 4) is 0 Å². The number of carbonyl (C=O) groups excluding carboxylic acids is 2. The van der Waals surface area contributed by atoms with E-state index < -0.39 is 28.5 Å². The highest BCUT2D eigenvalue weighted by Gasteiger charge is 2.34. The minimum atomic E-state index is -4.14. The van der Waals surface area contributed by atoms with Gasteiger partial charge in [0.25, 0.3) is 10.0 Å². The molecule has 0 unspecified atom stereocenters. The first-order valence-electron chi connectivity index (χ1n) is 14.0. The van der Waals surface area contributed by atoms with Gasteiger partial charge in [-0.15, -0.1) is 0 Å². The summed E-state index contributed by atoms with van der Waals surface area (Å²) < 4.78 is 29.2. The summed E-state index contributed by atoms with van der Waals surface area (Å²) >= 11 is 12.4. The number of sulfonamides is 1. The lowest BCUT2D eigenvalue weighted by atomic mass is 10.1. The highest BCUT2D eigenvalue weighted by molar-refractivity contribution is 7.92. The van der Waals surface area contributed by atoms with E-state index in [1.165, 1.54) is 17.0 Å². The summed E-state index contributed by atoms with van der Waals surface area (Å²) in [5.41, 5.74) is 3.81. The lowest BCUT2D eigenvalue weighted by Crippen LogP contribution is -2.53. The lowest BCUT2D eigenvalue weighted by Gasteiger charge is -2.34.